The van der Waals surface area contributed by atoms with Gasteiger partial charge in [0.2, 0.25) is 0 Å². The Morgan fingerprint density at radius 1 is 0.526 bits per heavy atom. The van der Waals surface area contributed by atoms with E-state index in [1.807, 2.05) is 24.3 Å². The normalized spacial score (nSPS) is 11.5. The van der Waals surface area contributed by atoms with Gasteiger partial charge in [0.1, 0.15) is 11.5 Å². The second-order valence-electron chi connectivity index (χ2n) is 9.52. The summed E-state index contributed by atoms with van der Waals surface area (Å²) in [6.45, 7) is 6.03. The molecule has 0 N–H and O–H groups in total. The predicted molar refractivity (Wildman–Crippen MR) is 172 cm³/mol. The standard InChI is InChI=1S/C34H40Br2O2/c1-3-5-7-9-23-37-31-19-13-27(14-20-31)11-17-29-25-34(36)30(26-33(29)35)18-12-28-15-21-32(22-16-28)38-24-10-8-6-4-2/h11-22,25-26H,3-10,23-24H2,1-2H3/b17-11+,18-12+. The van der Waals surface area contributed by atoms with E-state index in [1.54, 1.807) is 0 Å². The smallest absolute Gasteiger partial charge is 0.119 e. The van der Waals surface area contributed by atoms with Gasteiger partial charge in [-0.1, -0.05) is 133 Å². The highest BCUT2D eigenvalue weighted by Crippen LogP contribution is 2.29. The van der Waals surface area contributed by atoms with Crippen LogP contribution in [0.3, 0.4) is 0 Å². The van der Waals surface area contributed by atoms with Gasteiger partial charge in [-0.3, -0.25) is 0 Å². The van der Waals surface area contributed by atoms with Gasteiger partial charge in [-0.25, -0.2) is 0 Å². The maximum Gasteiger partial charge on any atom is 0.119 e. The van der Waals surface area contributed by atoms with E-state index >= 15 is 0 Å². The van der Waals surface area contributed by atoms with Gasteiger partial charge < -0.3 is 9.47 Å². The number of benzene rings is 3. The van der Waals surface area contributed by atoms with E-state index in [-0.39, 0.29) is 0 Å². The number of hydrogen-bond acceptors (Lipinski definition) is 2. The summed E-state index contributed by atoms with van der Waals surface area (Å²) in [5.41, 5.74) is 4.52. The van der Waals surface area contributed by atoms with E-state index in [1.165, 1.54) is 38.5 Å². The van der Waals surface area contributed by atoms with Gasteiger partial charge in [0.15, 0.2) is 0 Å². The van der Waals surface area contributed by atoms with Gasteiger partial charge in [0.25, 0.3) is 0 Å². The number of hydrogen-bond donors (Lipinski definition) is 0. The average Bonchev–Trinajstić information content (AvgIpc) is 2.93. The Labute approximate surface area is 246 Å². The van der Waals surface area contributed by atoms with Crippen LogP contribution in [0.15, 0.2) is 69.6 Å². The van der Waals surface area contributed by atoms with Gasteiger partial charge in [-0.2, -0.15) is 0 Å². The number of halogens is 2. The minimum Gasteiger partial charge on any atom is -0.494 e. The van der Waals surface area contributed by atoms with Crippen molar-refractivity contribution >= 4 is 56.2 Å². The van der Waals surface area contributed by atoms with Gasteiger partial charge in [0, 0.05) is 8.95 Å². The maximum atomic E-state index is 5.86. The Balaban J connectivity index is 1.54. The van der Waals surface area contributed by atoms with Crippen molar-refractivity contribution in [3.05, 3.63) is 91.9 Å². The summed E-state index contributed by atoms with van der Waals surface area (Å²) in [5.74, 6) is 1.87. The van der Waals surface area contributed by atoms with Crippen molar-refractivity contribution in [3.63, 3.8) is 0 Å². The molecule has 38 heavy (non-hydrogen) atoms. The van der Waals surface area contributed by atoms with Gasteiger partial charge in [-0.15, -0.1) is 0 Å². The van der Waals surface area contributed by atoms with E-state index < -0.39 is 0 Å². The third-order valence-corrected chi connectivity index (χ3v) is 7.69. The Morgan fingerprint density at radius 3 is 1.29 bits per heavy atom. The lowest BCUT2D eigenvalue weighted by Crippen LogP contribution is -1.96. The summed E-state index contributed by atoms with van der Waals surface area (Å²) in [6, 6.07) is 20.9. The first-order valence-electron chi connectivity index (χ1n) is 13.9. The summed E-state index contributed by atoms with van der Waals surface area (Å²) >= 11 is 7.49. The van der Waals surface area contributed by atoms with Gasteiger partial charge in [0.05, 0.1) is 13.2 Å². The molecule has 3 aromatic carbocycles. The van der Waals surface area contributed by atoms with Crippen LogP contribution in [-0.2, 0) is 0 Å². The van der Waals surface area contributed by atoms with E-state index in [4.69, 9.17) is 9.47 Å². The zero-order valence-corrected chi connectivity index (χ0v) is 25.9. The van der Waals surface area contributed by atoms with E-state index in [9.17, 15) is 0 Å². The zero-order valence-electron chi connectivity index (χ0n) is 22.7. The summed E-state index contributed by atoms with van der Waals surface area (Å²) in [4.78, 5) is 0. The molecule has 0 fully saturated rings. The van der Waals surface area contributed by atoms with Crippen molar-refractivity contribution < 1.29 is 9.47 Å². The lowest BCUT2D eigenvalue weighted by molar-refractivity contribution is 0.305. The summed E-state index contributed by atoms with van der Waals surface area (Å²) in [6.07, 6.45) is 18.3. The topological polar surface area (TPSA) is 18.5 Å². The fraction of sp³-hybridized carbons (Fsp3) is 0.353. The van der Waals surface area contributed by atoms with Crippen LogP contribution in [-0.4, -0.2) is 13.2 Å². The van der Waals surface area contributed by atoms with Crippen LogP contribution in [0.1, 0.15) is 87.5 Å². The molecule has 202 valence electrons. The minimum atomic E-state index is 0.788. The first kappa shape index (κ1) is 30.2. The van der Waals surface area contributed by atoms with Crippen LogP contribution in [0.4, 0.5) is 0 Å². The highest BCUT2D eigenvalue weighted by molar-refractivity contribution is 9.11. The third-order valence-electron chi connectivity index (χ3n) is 6.32. The fourth-order valence-corrected chi connectivity index (χ4v) is 4.98. The minimum absolute atomic E-state index is 0.788. The van der Waals surface area contributed by atoms with E-state index in [2.05, 4.69) is 106 Å². The van der Waals surface area contributed by atoms with Crippen molar-refractivity contribution in [3.8, 4) is 11.5 Å². The molecule has 0 saturated carbocycles. The second-order valence-corrected chi connectivity index (χ2v) is 11.2. The molecule has 0 aromatic heterocycles. The van der Waals surface area contributed by atoms with E-state index in [0.29, 0.717) is 0 Å². The van der Waals surface area contributed by atoms with Crippen molar-refractivity contribution in [1.29, 1.82) is 0 Å². The molecule has 4 heteroatoms. The predicted octanol–water partition coefficient (Wildman–Crippen LogP) is 11.5. The van der Waals surface area contributed by atoms with Crippen LogP contribution < -0.4 is 9.47 Å². The molecule has 0 saturated heterocycles. The quantitative estimate of drug-likeness (QED) is 0.115. The van der Waals surface area contributed by atoms with Crippen LogP contribution in [0, 0.1) is 0 Å². The number of rotatable bonds is 16. The molecule has 0 heterocycles. The SMILES string of the molecule is CCCCCCOc1ccc(/C=C/c2cc(Br)c(/C=C/c3ccc(OCCCCCC)cc3)cc2Br)cc1. The molecule has 0 bridgehead atoms. The molecule has 0 aliphatic rings. The Hall–Kier alpha value is -2.30. The van der Waals surface area contributed by atoms with Gasteiger partial charge >= 0.3 is 0 Å². The molecule has 0 aliphatic heterocycles. The number of ether oxygens (including phenoxy) is 2. The van der Waals surface area contributed by atoms with Gasteiger partial charge in [-0.05, 0) is 71.5 Å². The summed E-state index contributed by atoms with van der Waals surface area (Å²) in [5, 5.41) is 0. The Bertz CT molecular complexity index is 1060. The van der Waals surface area contributed by atoms with Crippen LogP contribution in [0.5, 0.6) is 11.5 Å². The van der Waals surface area contributed by atoms with Crippen molar-refractivity contribution in [2.75, 3.05) is 13.2 Å². The molecule has 0 spiro atoms. The molecule has 0 unspecified atom stereocenters. The fourth-order valence-electron chi connectivity index (χ4n) is 3.99. The van der Waals surface area contributed by atoms with Crippen molar-refractivity contribution in [2.24, 2.45) is 0 Å². The third kappa shape index (κ3) is 10.8. The second kappa shape index (κ2) is 17.3. The van der Waals surface area contributed by atoms with Crippen LogP contribution in [0.2, 0.25) is 0 Å². The molecular weight excluding hydrogens is 600 g/mol. The highest BCUT2D eigenvalue weighted by atomic mass is 79.9. The molecule has 3 rings (SSSR count). The lowest BCUT2D eigenvalue weighted by atomic mass is 10.1. The average molecular weight is 641 g/mol. The number of unbranched alkanes of at least 4 members (excludes halogenated alkanes) is 6. The lowest BCUT2D eigenvalue weighted by Gasteiger charge is -2.07. The molecule has 0 radical (unpaired) electrons. The largest absolute Gasteiger partial charge is 0.494 e. The Kier molecular flexibility index (Phi) is 13.8. The summed E-state index contributed by atoms with van der Waals surface area (Å²) < 4.78 is 13.8. The molecule has 0 atom stereocenters. The summed E-state index contributed by atoms with van der Waals surface area (Å²) in [7, 11) is 0. The molecule has 0 amide bonds. The van der Waals surface area contributed by atoms with Crippen LogP contribution >= 0.6 is 31.9 Å². The zero-order chi connectivity index (χ0) is 27.0. The molecule has 2 nitrogen and oxygen atoms in total. The van der Waals surface area contributed by atoms with E-state index in [0.717, 1.165) is 68.8 Å². The van der Waals surface area contributed by atoms with Crippen molar-refractivity contribution in [1.82, 2.24) is 0 Å². The first-order chi connectivity index (χ1) is 18.6. The maximum absolute atomic E-state index is 5.86. The molecule has 3 aromatic rings. The molecular formula is C34H40Br2O2. The molecule has 0 aliphatic carbocycles. The van der Waals surface area contributed by atoms with Crippen molar-refractivity contribution in [2.45, 2.75) is 65.2 Å². The monoisotopic (exact) mass is 638 g/mol. The Morgan fingerprint density at radius 2 is 0.921 bits per heavy atom. The first-order valence-corrected chi connectivity index (χ1v) is 15.5. The highest BCUT2D eigenvalue weighted by Gasteiger charge is 2.04. The van der Waals surface area contributed by atoms with Crippen LogP contribution in [0.25, 0.3) is 24.3 Å².